The van der Waals surface area contributed by atoms with Gasteiger partial charge < -0.3 is 4.74 Å². The van der Waals surface area contributed by atoms with Gasteiger partial charge in [-0.3, -0.25) is 4.79 Å². The van der Waals surface area contributed by atoms with Crippen molar-refractivity contribution in [3.63, 3.8) is 0 Å². The van der Waals surface area contributed by atoms with Gasteiger partial charge in [0, 0.05) is 0 Å². The number of carbonyl (C=O) groups is 1. The van der Waals surface area contributed by atoms with Gasteiger partial charge >= 0.3 is 5.97 Å². The highest BCUT2D eigenvalue weighted by molar-refractivity contribution is 7.99. The SMILES string of the molecule is COC(=O)CSCCCCc1ccccc1. The predicted molar refractivity (Wildman–Crippen MR) is 68.7 cm³/mol. The number of hydrogen-bond acceptors (Lipinski definition) is 3. The number of aryl methyl sites for hydroxylation is 1. The lowest BCUT2D eigenvalue weighted by Crippen LogP contribution is -2.03. The van der Waals surface area contributed by atoms with Crippen molar-refractivity contribution in [1.82, 2.24) is 0 Å². The lowest BCUT2D eigenvalue weighted by atomic mass is 10.1. The maximum Gasteiger partial charge on any atom is 0.315 e. The number of esters is 1. The van der Waals surface area contributed by atoms with Gasteiger partial charge in [0.1, 0.15) is 0 Å². The highest BCUT2D eigenvalue weighted by Crippen LogP contribution is 2.09. The fourth-order valence-corrected chi connectivity index (χ4v) is 2.23. The molecule has 0 aliphatic heterocycles. The molecule has 0 atom stereocenters. The molecule has 0 amide bonds. The summed E-state index contributed by atoms with van der Waals surface area (Å²) in [6.45, 7) is 0. The van der Waals surface area contributed by atoms with Crippen LogP contribution in [0.15, 0.2) is 30.3 Å². The van der Waals surface area contributed by atoms with Crippen molar-refractivity contribution < 1.29 is 9.53 Å². The van der Waals surface area contributed by atoms with E-state index in [2.05, 4.69) is 29.0 Å². The quantitative estimate of drug-likeness (QED) is 0.539. The summed E-state index contributed by atoms with van der Waals surface area (Å²) < 4.78 is 4.57. The Balaban J connectivity index is 1.98. The lowest BCUT2D eigenvalue weighted by Gasteiger charge is -2.01. The van der Waals surface area contributed by atoms with E-state index >= 15 is 0 Å². The lowest BCUT2D eigenvalue weighted by molar-refractivity contribution is -0.137. The van der Waals surface area contributed by atoms with Crippen molar-refractivity contribution >= 4 is 17.7 Å². The highest BCUT2D eigenvalue weighted by atomic mass is 32.2. The van der Waals surface area contributed by atoms with E-state index in [1.54, 1.807) is 11.8 Å². The smallest absolute Gasteiger partial charge is 0.315 e. The Kier molecular flexibility index (Phi) is 6.74. The third kappa shape index (κ3) is 5.81. The second kappa shape index (κ2) is 8.22. The van der Waals surface area contributed by atoms with E-state index in [-0.39, 0.29) is 5.97 Å². The van der Waals surface area contributed by atoms with Gasteiger partial charge in [-0.1, -0.05) is 30.3 Å². The molecule has 0 aliphatic rings. The molecule has 16 heavy (non-hydrogen) atoms. The molecule has 1 aromatic rings. The molecular weight excluding hydrogens is 220 g/mol. The number of carbonyl (C=O) groups excluding carboxylic acids is 1. The first kappa shape index (κ1) is 13.1. The van der Waals surface area contributed by atoms with E-state index in [1.165, 1.54) is 19.1 Å². The number of benzene rings is 1. The Morgan fingerprint density at radius 3 is 2.69 bits per heavy atom. The topological polar surface area (TPSA) is 26.3 Å². The molecule has 0 saturated carbocycles. The van der Waals surface area contributed by atoms with Crippen molar-refractivity contribution in [2.24, 2.45) is 0 Å². The average molecular weight is 238 g/mol. The summed E-state index contributed by atoms with van der Waals surface area (Å²) in [6.07, 6.45) is 3.45. The molecule has 0 fully saturated rings. The Bertz CT molecular complexity index is 298. The standard InChI is InChI=1S/C13H18O2S/c1-15-13(14)11-16-10-6-5-9-12-7-3-2-4-8-12/h2-4,7-8H,5-6,9-11H2,1H3. The van der Waals surface area contributed by atoms with Crippen LogP contribution in [0.2, 0.25) is 0 Å². The van der Waals surface area contributed by atoms with Crippen LogP contribution < -0.4 is 0 Å². The molecule has 0 aromatic heterocycles. The molecule has 1 aromatic carbocycles. The number of rotatable bonds is 7. The zero-order valence-electron chi connectivity index (χ0n) is 9.65. The number of thioether (sulfide) groups is 1. The van der Waals surface area contributed by atoms with Crippen molar-refractivity contribution in [2.75, 3.05) is 18.6 Å². The van der Waals surface area contributed by atoms with Crippen LogP contribution in [0.3, 0.4) is 0 Å². The molecule has 0 aliphatic carbocycles. The summed E-state index contributed by atoms with van der Waals surface area (Å²) in [5.41, 5.74) is 1.39. The van der Waals surface area contributed by atoms with Gasteiger partial charge in [-0.15, -0.1) is 0 Å². The monoisotopic (exact) mass is 238 g/mol. The van der Waals surface area contributed by atoms with Gasteiger partial charge in [-0.25, -0.2) is 0 Å². The largest absolute Gasteiger partial charge is 0.468 e. The van der Waals surface area contributed by atoms with E-state index in [9.17, 15) is 4.79 Å². The Hall–Kier alpha value is -0.960. The minimum atomic E-state index is -0.131. The van der Waals surface area contributed by atoms with E-state index in [0.717, 1.165) is 18.6 Å². The maximum atomic E-state index is 10.8. The van der Waals surface area contributed by atoms with E-state index in [1.807, 2.05) is 6.07 Å². The van der Waals surface area contributed by atoms with Crippen LogP contribution in [0.1, 0.15) is 18.4 Å². The van der Waals surface area contributed by atoms with Gasteiger partial charge in [0.25, 0.3) is 0 Å². The summed E-state index contributed by atoms with van der Waals surface area (Å²) in [4.78, 5) is 10.8. The van der Waals surface area contributed by atoms with Crippen LogP contribution >= 0.6 is 11.8 Å². The second-order valence-corrected chi connectivity index (χ2v) is 4.68. The summed E-state index contributed by atoms with van der Waals surface area (Å²) in [5, 5.41) is 0. The van der Waals surface area contributed by atoms with Crippen LogP contribution in [0.5, 0.6) is 0 Å². The maximum absolute atomic E-state index is 10.8. The Morgan fingerprint density at radius 1 is 1.25 bits per heavy atom. The Morgan fingerprint density at radius 2 is 2.00 bits per heavy atom. The molecule has 0 unspecified atom stereocenters. The summed E-state index contributed by atoms with van der Waals surface area (Å²) >= 11 is 1.65. The third-order valence-corrected chi connectivity index (χ3v) is 3.31. The molecule has 0 heterocycles. The molecule has 0 spiro atoms. The molecule has 88 valence electrons. The minimum absolute atomic E-state index is 0.131. The van der Waals surface area contributed by atoms with Crippen molar-refractivity contribution in [2.45, 2.75) is 19.3 Å². The summed E-state index contributed by atoms with van der Waals surface area (Å²) in [6, 6.07) is 10.5. The minimum Gasteiger partial charge on any atom is -0.468 e. The van der Waals surface area contributed by atoms with Crippen LogP contribution in [0, 0.1) is 0 Å². The average Bonchev–Trinajstić information content (AvgIpc) is 2.34. The number of hydrogen-bond donors (Lipinski definition) is 0. The predicted octanol–water partition coefficient (Wildman–Crippen LogP) is 2.92. The summed E-state index contributed by atoms with van der Waals surface area (Å²) in [7, 11) is 1.43. The fourth-order valence-electron chi connectivity index (χ4n) is 1.39. The van der Waals surface area contributed by atoms with E-state index in [4.69, 9.17) is 0 Å². The van der Waals surface area contributed by atoms with Crippen molar-refractivity contribution in [3.8, 4) is 0 Å². The molecule has 0 N–H and O–H groups in total. The zero-order valence-corrected chi connectivity index (χ0v) is 10.5. The number of ether oxygens (including phenoxy) is 1. The van der Waals surface area contributed by atoms with Crippen LogP contribution in [0.4, 0.5) is 0 Å². The van der Waals surface area contributed by atoms with Crippen LogP contribution in [-0.2, 0) is 16.0 Å². The van der Waals surface area contributed by atoms with Gasteiger partial charge in [0.15, 0.2) is 0 Å². The number of unbranched alkanes of at least 4 members (excludes halogenated alkanes) is 1. The molecule has 3 heteroatoms. The van der Waals surface area contributed by atoms with Crippen molar-refractivity contribution in [1.29, 1.82) is 0 Å². The third-order valence-electron chi connectivity index (χ3n) is 2.29. The summed E-state index contributed by atoms with van der Waals surface area (Å²) in [5.74, 6) is 1.37. The molecule has 0 saturated heterocycles. The van der Waals surface area contributed by atoms with E-state index < -0.39 is 0 Å². The molecule has 0 bridgehead atoms. The normalized spacial score (nSPS) is 10.1. The first-order chi connectivity index (χ1) is 7.83. The number of methoxy groups -OCH3 is 1. The van der Waals surface area contributed by atoms with Gasteiger partial charge in [-0.2, -0.15) is 11.8 Å². The van der Waals surface area contributed by atoms with Crippen molar-refractivity contribution in [3.05, 3.63) is 35.9 Å². The van der Waals surface area contributed by atoms with Gasteiger partial charge in [0.05, 0.1) is 12.9 Å². The second-order valence-electron chi connectivity index (χ2n) is 3.57. The molecular formula is C13H18O2S. The molecule has 0 radical (unpaired) electrons. The fraction of sp³-hybridized carbons (Fsp3) is 0.462. The molecule has 2 nitrogen and oxygen atoms in total. The van der Waals surface area contributed by atoms with Gasteiger partial charge in [0.2, 0.25) is 0 Å². The first-order valence-electron chi connectivity index (χ1n) is 5.51. The highest BCUT2D eigenvalue weighted by Gasteiger charge is 1.99. The Labute approximate surface area is 101 Å². The van der Waals surface area contributed by atoms with E-state index in [0.29, 0.717) is 5.75 Å². The first-order valence-corrected chi connectivity index (χ1v) is 6.67. The zero-order chi connectivity index (χ0) is 11.6. The van der Waals surface area contributed by atoms with Crippen LogP contribution in [-0.4, -0.2) is 24.6 Å². The van der Waals surface area contributed by atoms with Gasteiger partial charge in [-0.05, 0) is 30.6 Å². The van der Waals surface area contributed by atoms with Crippen LogP contribution in [0.25, 0.3) is 0 Å². The molecule has 1 rings (SSSR count).